The van der Waals surface area contributed by atoms with Crippen LogP contribution >= 0.6 is 12.2 Å². The van der Waals surface area contributed by atoms with Gasteiger partial charge in [0, 0.05) is 26.3 Å². The molecule has 0 heterocycles. The molecule has 0 aromatic heterocycles. The van der Waals surface area contributed by atoms with Crippen molar-refractivity contribution in [3.63, 3.8) is 0 Å². The Morgan fingerprint density at radius 1 is 1.38 bits per heavy atom. The molecule has 1 aliphatic rings. The van der Waals surface area contributed by atoms with E-state index < -0.39 is 0 Å². The van der Waals surface area contributed by atoms with Gasteiger partial charge < -0.3 is 10.5 Å². The lowest BCUT2D eigenvalue weighted by Crippen LogP contribution is -2.40. The van der Waals surface area contributed by atoms with E-state index in [-0.39, 0.29) is 0 Å². The van der Waals surface area contributed by atoms with E-state index in [1.54, 1.807) is 7.11 Å². The molecule has 16 heavy (non-hydrogen) atoms. The summed E-state index contributed by atoms with van der Waals surface area (Å²) in [4.78, 5) is 3.09. The second-order valence-electron chi connectivity index (χ2n) is 4.57. The highest BCUT2D eigenvalue weighted by atomic mass is 32.1. The smallest absolute Gasteiger partial charge is 0.0870 e. The van der Waals surface area contributed by atoms with Crippen molar-refractivity contribution < 1.29 is 4.74 Å². The van der Waals surface area contributed by atoms with Crippen LogP contribution in [-0.2, 0) is 4.74 Å². The van der Waals surface area contributed by atoms with E-state index in [0.717, 1.165) is 26.1 Å². The number of rotatable bonds is 8. The molecule has 0 aliphatic heterocycles. The van der Waals surface area contributed by atoms with Crippen molar-refractivity contribution in [2.24, 2.45) is 5.73 Å². The van der Waals surface area contributed by atoms with Crippen molar-refractivity contribution in [2.45, 2.75) is 44.6 Å². The Morgan fingerprint density at radius 3 is 2.62 bits per heavy atom. The Morgan fingerprint density at radius 2 is 2.06 bits per heavy atom. The summed E-state index contributed by atoms with van der Waals surface area (Å²) in [6, 6.07) is 0.712. The van der Waals surface area contributed by atoms with Crippen molar-refractivity contribution in [2.75, 3.05) is 26.8 Å². The second kappa shape index (κ2) is 7.98. The molecule has 0 aromatic rings. The molecule has 0 unspecified atom stereocenters. The Kier molecular flexibility index (Phi) is 6.92. The van der Waals surface area contributed by atoms with E-state index >= 15 is 0 Å². The Balaban J connectivity index is 2.28. The van der Waals surface area contributed by atoms with Gasteiger partial charge in [0.05, 0.1) is 4.99 Å². The van der Waals surface area contributed by atoms with Gasteiger partial charge in [-0.25, -0.2) is 0 Å². The summed E-state index contributed by atoms with van der Waals surface area (Å²) in [6.07, 6.45) is 7.64. The van der Waals surface area contributed by atoms with Crippen LogP contribution in [0.2, 0.25) is 0 Å². The molecule has 0 bridgehead atoms. The molecule has 0 spiro atoms. The maximum atomic E-state index is 5.66. The number of nitrogens with two attached hydrogens (primary N) is 1. The van der Waals surface area contributed by atoms with Gasteiger partial charge in [-0.1, -0.05) is 25.1 Å². The highest BCUT2D eigenvalue weighted by molar-refractivity contribution is 7.80. The molecular formula is C12H24N2OS. The molecule has 0 amide bonds. The van der Waals surface area contributed by atoms with Crippen molar-refractivity contribution in [1.82, 2.24) is 4.90 Å². The van der Waals surface area contributed by atoms with E-state index in [1.807, 2.05) is 0 Å². The third-order valence-electron chi connectivity index (χ3n) is 3.24. The van der Waals surface area contributed by atoms with Crippen molar-refractivity contribution >= 4 is 17.2 Å². The normalized spacial score (nSPS) is 17.1. The van der Waals surface area contributed by atoms with E-state index in [1.165, 1.54) is 32.1 Å². The Bertz CT molecular complexity index is 205. The summed E-state index contributed by atoms with van der Waals surface area (Å²) in [6.45, 7) is 2.74. The predicted octanol–water partition coefficient (Wildman–Crippen LogP) is 1.94. The van der Waals surface area contributed by atoms with Crippen molar-refractivity contribution in [3.8, 4) is 0 Å². The molecule has 1 aliphatic carbocycles. The third kappa shape index (κ3) is 5.23. The lowest BCUT2D eigenvalue weighted by atomic mass is 10.2. The maximum Gasteiger partial charge on any atom is 0.0870 e. The number of ether oxygens (including phenoxy) is 1. The minimum absolute atomic E-state index is 0.624. The van der Waals surface area contributed by atoms with Crippen molar-refractivity contribution in [3.05, 3.63) is 0 Å². The van der Waals surface area contributed by atoms with Crippen molar-refractivity contribution in [1.29, 1.82) is 0 Å². The average Bonchev–Trinajstić information content (AvgIpc) is 2.75. The first-order valence-electron chi connectivity index (χ1n) is 6.25. The van der Waals surface area contributed by atoms with Crippen LogP contribution in [-0.4, -0.2) is 42.7 Å². The minimum Gasteiger partial charge on any atom is -0.392 e. The first-order chi connectivity index (χ1) is 7.74. The fraction of sp³-hybridized carbons (Fsp3) is 0.917. The van der Waals surface area contributed by atoms with E-state index in [9.17, 15) is 0 Å². The molecule has 3 nitrogen and oxygen atoms in total. The maximum absolute atomic E-state index is 5.66. The zero-order chi connectivity index (χ0) is 11.8. The largest absolute Gasteiger partial charge is 0.392 e. The van der Waals surface area contributed by atoms with E-state index in [2.05, 4.69) is 4.90 Å². The number of hydrogen-bond acceptors (Lipinski definition) is 3. The molecule has 4 heteroatoms. The molecule has 1 rings (SSSR count). The second-order valence-corrected chi connectivity index (χ2v) is 5.10. The SMILES string of the molecule is COCCCCN(CC(N)=S)C1CCCC1. The van der Waals surface area contributed by atoms with E-state index in [4.69, 9.17) is 22.7 Å². The first kappa shape index (κ1) is 13.9. The highest BCUT2D eigenvalue weighted by Crippen LogP contribution is 2.23. The van der Waals surface area contributed by atoms with Gasteiger partial charge in [-0.2, -0.15) is 0 Å². The number of hydrogen-bond donors (Lipinski definition) is 1. The molecule has 94 valence electrons. The molecule has 1 saturated carbocycles. The lowest BCUT2D eigenvalue weighted by Gasteiger charge is -2.28. The Hall–Kier alpha value is -0.190. The quantitative estimate of drug-likeness (QED) is 0.523. The monoisotopic (exact) mass is 244 g/mol. The molecule has 2 N–H and O–H groups in total. The van der Waals surface area contributed by atoms with Crippen LogP contribution in [0.5, 0.6) is 0 Å². The standard InChI is InChI=1S/C12H24N2OS/c1-15-9-5-4-8-14(10-12(13)16)11-6-2-3-7-11/h11H,2-10H2,1H3,(H2,13,16). The van der Waals surface area contributed by atoms with Crippen LogP contribution in [0.4, 0.5) is 0 Å². The number of unbranched alkanes of at least 4 members (excludes halogenated alkanes) is 1. The van der Waals surface area contributed by atoms with Gasteiger partial charge in [0.1, 0.15) is 0 Å². The fourth-order valence-corrected chi connectivity index (χ4v) is 2.59. The zero-order valence-corrected chi connectivity index (χ0v) is 11.1. The van der Waals surface area contributed by atoms with Gasteiger partial charge in [0.2, 0.25) is 0 Å². The van der Waals surface area contributed by atoms with Gasteiger partial charge in [-0.15, -0.1) is 0 Å². The van der Waals surface area contributed by atoms with Crippen LogP contribution in [0, 0.1) is 0 Å². The number of nitrogens with zero attached hydrogens (tertiary/aromatic N) is 1. The summed E-state index contributed by atoms with van der Waals surface area (Å²) < 4.78 is 5.06. The topological polar surface area (TPSA) is 38.5 Å². The fourth-order valence-electron chi connectivity index (χ4n) is 2.42. The summed E-state index contributed by atoms with van der Waals surface area (Å²) in [5.41, 5.74) is 5.66. The van der Waals surface area contributed by atoms with Gasteiger partial charge in [0.25, 0.3) is 0 Å². The van der Waals surface area contributed by atoms with Crippen LogP contribution < -0.4 is 5.73 Å². The first-order valence-corrected chi connectivity index (χ1v) is 6.66. The average molecular weight is 244 g/mol. The van der Waals surface area contributed by atoms with Gasteiger partial charge in [-0.05, 0) is 32.2 Å². The van der Waals surface area contributed by atoms with Crippen LogP contribution in [0.3, 0.4) is 0 Å². The molecule has 1 fully saturated rings. The Labute approximate surface area is 104 Å². The summed E-state index contributed by atoms with van der Waals surface area (Å²) in [7, 11) is 1.75. The summed E-state index contributed by atoms with van der Waals surface area (Å²) in [5, 5.41) is 0. The molecule has 0 atom stereocenters. The van der Waals surface area contributed by atoms with Crippen LogP contribution in [0.1, 0.15) is 38.5 Å². The summed E-state index contributed by atoms with van der Waals surface area (Å²) in [5.74, 6) is 0. The van der Waals surface area contributed by atoms with Gasteiger partial charge in [-0.3, -0.25) is 4.90 Å². The van der Waals surface area contributed by atoms with Crippen LogP contribution in [0.25, 0.3) is 0 Å². The number of methoxy groups -OCH3 is 1. The molecule has 0 aromatic carbocycles. The van der Waals surface area contributed by atoms with Gasteiger partial charge >= 0.3 is 0 Å². The third-order valence-corrected chi connectivity index (χ3v) is 3.37. The van der Waals surface area contributed by atoms with Gasteiger partial charge in [0.15, 0.2) is 0 Å². The molecule has 0 saturated heterocycles. The lowest BCUT2D eigenvalue weighted by molar-refractivity contribution is 0.176. The predicted molar refractivity (Wildman–Crippen MR) is 71.7 cm³/mol. The zero-order valence-electron chi connectivity index (χ0n) is 10.3. The highest BCUT2D eigenvalue weighted by Gasteiger charge is 2.22. The van der Waals surface area contributed by atoms with Crippen LogP contribution in [0.15, 0.2) is 0 Å². The minimum atomic E-state index is 0.624. The summed E-state index contributed by atoms with van der Waals surface area (Å²) >= 11 is 5.02. The molecule has 0 radical (unpaired) electrons. The van der Waals surface area contributed by atoms with E-state index in [0.29, 0.717) is 11.0 Å². The molecular weight excluding hydrogens is 220 g/mol. The number of thiocarbonyl (C=S) groups is 1.